The van der Waals surface area contributed by atoms with Crippen molar-refractivity contribution < 1.29 is 23.5 Å². The van der Waals surface area contributed by atoms with E-state index in [1.807, 2.05) is 0 Å². The zero-order valence-corrected chi connectivity index (χ0v) is 12.3. The number of halogens is 2. The average molecular weight is 311 g/mol. The molecule has 0 radical (unpaired) electrons. The molecule has 1 amide bonds. The van der Waals surface area contributed by atoms with E-state index in [1.165, 1.54) is 18.2 Å². The Labute approximate surface area is 127 Å². The fraction of sp³-hybridized carbons (Fsp3) is 0.500. The van der Waals surface area contributed by atoms with Crippen LogP contribution in [-0.2, 0) is 15.5 Å². The number of amides is 1. The zero-order valence-electron chi connectivity index (χ0n) is 12.3. The number of hydrogen-bond acceptors (Lipinski definition) is 2. The number of benzene rings is 1. The minimum absolute atomic E-state index is 0.153. The van der Waals surface area contributed by atoms with Crippen molar-refractivity contribution in [1.82, 2.24) is 0 Å². The lowest BCUT2D eigenvalue weighted by Gasteiger charge is -2.25. The van der Waals surface area contributed by atoms with E-state index in [1.54, 1.807) is 6.07 Å². The highest BCUT2D eigenvalue weighted by molar-refractivity contribution is 5.92. The summed E-state index contributed by atoms with van der Waals surface area (Å²) in [6.07, 6.45) is 1.96. The van der Waals surface area contributed by atoms with Gasteiger partial charge in [-0.15, -0.1) is 0 Å². The molecule has 0 spiro atoms. The lowest BCUT2D eigenvalue weighted by molar-refractivity contribution is -0.143. The molecule has 1 aromatic carbocycles. The summed E-state index contributed by atoms with van der Waals surface area (Å²) >= 11 is 0. The molecular formula is C16H19F2NO3. The molecule has 0 saturated heterocycles. The Morgan fingerprint density at radius 1 is 1.18 bits per heavy atom. The van der Waals surface area contributed by atoms with Gasteiger partial charge in [0, 0.05) is 24.1 Å². The number of carbonyl (C=O) groups excluding carboxylic acids is 1. The Bertz CT molecular complexity index is 561. The van der Waals surface area contributed by atoms with Gasteiger partial charge in [0.05, 0.1) is 5.92 Å². The molecule has 0 aromatic heterocycles. The number of carbonyl (C=O) groups is 2. The molecule has 0 bridgehead atoms. The highest BCUT2D eigenvalue weighted by Gasteiger charge is 2.30. The molecule has 1 fully saturated rings. The van der Waals surface area contributed by atoms with E-state index in [0.717, 1.165) is 6.92 Å². The zero-order chi connectivity index (χ0) is 16.3. The first kappa shape index (κ1) is 16.4. The molecule has 0 unspecified atom stereocenters. The van der Waals surface area contributed by atoms with Crippen molar-refractivity contribution in [2.75, 3.05) is 5.32 Å². The first-order valence-electron chi connectivity index (χ1n) is 7.29. The van der Waals surface area contributed by atoms with Gasteiger partial charge in [0.25, 0.3) is 5.92 Å². The van der Waals surface area contributed by atoms with Crippen molar-refractivity contribution in [2.45, 2.75) is 38.5 Å². The van der Waals surface area contributed by atoms with Crippen LogP contribution in [0.5, 0.6) is 0 Å². The molecule has 0 aliphatic heterocycles. The lowest BCUT2D eigenvalue weighted by Crippen LogP contribution is -2.29. The summed E-state index contributed by atoms with van der Waals surface area (Å²) in [6.45, 7) is 0.807. The highest BCUT2D eigenvalue weighted by atomic mass is 19.3. The normalized spacial score (nSPS) is 22.1. The van der Waals surface area contributed by atoms with Gasteiger partial charge in [-0.3, -0.25) is 9.59 Å². The van der Waals surface area contributed by atoms with Gasteiger partial charge in [-0.1, -0.05) is 12.1 Å². The van der Waals surface area contributed by atoms with Crippen molar-refractivity contribution in [2.24, 2.45) is 11.8 Å². The number of hydrogen-bond donors (Lipinski definition) is 2. The van der Waals surface area contributed by atoms with Gasteiger partial charge < -0.3 is 10.4 Å². The van der Waals surface area contributed by atoms with Crippen molar-refractivity contribution in [3.63, 3.8) is 0 Å². The quantitative estimate of drug-likeness (QED) is 0.892. The van der Waals surface area contributed by atoms with Crippen molar-refractivity contribution in [1.29, 1.82) is 0 Å². The van der Waals surface area contributed by atoms with Gasteiger partial charge >= 0.3 is 5.97 Å². The smallest absolute Gasteiger partial charge is 0.306 e. The van der Waals surface area contributed by atoms with E-state index in [-0.39, 0.29) is 23.3 Å². The maximum absolute atomic E-state index is 13.3. The summed E-state index contributed by atoms with van der Waals surface area (Å²) < 4.78 is 26.6. The Kier molecular flexibility index (Phi) is 4.78. The molecule has 2 rings (SSSR count). The monoisotopic (exact) mass is 311 g/mol. The van der Waals surface area contributed by atoms with Crippen LogP contribution in [0, 0.1) is 11.8 Å². The van der Waals surface area contributed by atoms with Gasteiger partial charge in [-0.25, -0.2) is 8.78 Å². The third kappa shape index (κ3) is 4.02. The molecule has 0 heterocycles. The third-order valence-corrected chi connectivity index (χ3v) is 4.08. The van der Waals surface area contributed by atoms with Crippen LogP contribution in [0.4, 0.5) is 14.5 Å². The Morgan fingerprint density at radius 3 is 2.32 bits per heavy atom. The van der Waals surface area contributed by atoms with Crippen LogP contribution in [0.15, 0.2) is 24.3 Å². The van der Waals surface area contributed by atoms with Crippen LogP contribution >= 0.6 is 0 Å². The number of anilines is 1. The fourth-order valence-electron chi connectivity index (χ4n) is 2.72. The summed E-state index contributed by atoms with van der Waals surface area (Å²) in [5, 5.41) is 11.6. The van der Waals surface area contributed by atoms with E-state index < -0.39 is 11.9 Å². The highest BCUT2D eigenvalue weighted by Crippen LogP contribution is 2.31. The topological polar surface area (TPSA) is 66.4 Å². The van der Waals surface area contributed by atoms with Crippen molar-refractivity contribution >= 4 is 17.6 Å². The molecule has 6 heteroatoms. The molecule has 1 saturated carbocycles. The molecule has 4 nitrogen and oxygen atoms in total. The molecule has 120 valence electrons. The SMILES string of the molecule is CC(F)(F)c1cccc(NC(=O)C2CCC(C(=O)O)CC2)c1. The van der Waals surface area contributed by atoms with E-state index in [4.69, 9.17) is 5.11 Å². The predicted molar refractivity (Wildman–Crippen MR) is 77.7 cm³/mol. The minimum atomic E-state index is -2.96. The molecule has 2 N–H and O–H groups in total. The second-order valence-electron chi connectivity index (χ2n) is 5.85. The van der Waals surface area contributed by atoms with E-state index in [9.17, 15) is 18.4 Å². The van der Waals surface area contributed by atoms with Crippen molar-refractivity contribution in [3.8, 4) is 0 Å². The van der Waals surface area contributed by atoms with Crippen LogP contribution in [-0.4, -0.2) is 17.0 Å². The van der Waals surface area contributed by atoms with Gasteiger partial charge in [0.15, 0.2) is 0 Å². The van der Waals surface area contributed by atoms with Crippen LogP contribution in [0.25, 0.3) is 0 Å². The summed E-state index contributed by atoms with van der Waals surface area (Å²) in [5.41, 5.74) is 0.185. The second kappa shape index (κ2) is 6.42. The van der Waals surface area contributed by atoms with Gasteiger partial charge in [-0.05, 0) is 37.8 Å². The van der Waals surface area contributed by atoms with Gasteiger partial charge in [-0.2, -0.15) is 0 Å². The summed E-state index contributed by atoms with van der Waals surface area (Å²) in [7, 11) is 0. The maximum atomic E-state index is 13.3. The summed E-state index contributed by atoms with van der Waals surface area (Å²) in [6, 6.07) is 5.62. The standard InChI is InChI=1S/C16H19F2NO3/c1-16(17,18)12-3-2-4-13(9-12)19-14(20)10-5-7-11(8-6-10)15(21)22/h2-4,9-11H,5-8H2,1H3,(H,19,20)(H,21,22). The first-order chi connectivity index (χ1) is 10.3. The Balaban J connectivity index is 1.97. The maximum Gasteiger partial charge on any atom is 0.306 e. The number of carboxylic acid groups (broad SMARTS) is 1. The van der Waals surface area contributed by atoms with E-state index in [0.29, 0.717) is 31.4 Å². The molecule has 0 atom stereocenters. The van der Waals surface area contributed by atoms with Gasteiger partial charge in [0.1, 0.15) is 0 Å². The van der Waals surface area contributed by atoms with Crippen LogP contribution < -0.4 is 5.32 Å². The van der Waals surface area contributed by atoms with Crippen LogP contribution in [0.2, 0.25) is 0 Å². The number of alkyl halides is 2. The molecule has 1 aliphatic rings. The van der Waals surface area contributed by atoms with E-state index in [2.05, 4.69) is 5.32 Å². The summed E-state index contributed by atoms with van der Waals surface area (Å²) in [4.78, 5) is 23.0. The predicted octanol–water partition coefficient (Wildman–Crippen LogP) is 3.63. The molecular weight excluding hydrogens is 292 g/mol. The molecule has 1 aliphatic carbocycles. The fourth-order valence-corrected chi connectivity index (χ4v) is 2.72. The lowest BCUT2D eigenvalue weighted by atomic mass is 9.81. The van der Waals surface area contributed by atoms with Crippen LogP contribution in [0.1, 0.15) is 38.2 Å². The second-order valence-corrected chi connectivity index (χ2v) is 5.85. The largest absolute Gasteiger partial charge is 0.481 e. The number of carboxylic acids is 1. The van der Waals surface area contributed by atoms with Gasteiger partial charge in [0.2, 0.25) is 5.91 Å². The van der Waals surface area contributed by atoms with Crippen LogP contribution in [0.3, 0.4) is 0 Å². The Morgan fingerprint density at radius 2 is 1.77 bits per heavy atom. The minimum Gasteiger partial charge on any atom is -0.481 e. The van der Waals surface area contributed by atoms with Crippen molar-refractivity contribution in [3.05, 3.63) is 29.8 Å². The molecule has 22 heavy (non-hydrogen) atoms. The average Bonchev–Trinajstić information content (AvgIpc) is 2.46. The molecule has 1 aromatic rings. The Hall–Kier alpha value is -1.98. The number of rotatable bonds is 4. The number of aliphatic carboxylic acids is 1. The first-order valence-corrected chi connectivity index (χ1v) is 7.29. The summed E-state index contributed by atoms with van der Waals surface area (Å²) in [5.74, 6) is -4.66. The van der Waals surface area contributed by atoms with E-state index >= 15 is 0 Å². The number of nitrogens with one attached hydrogen (secondary N) is 1. The third-order valence-electron chi connectivity index (χ3n) is 4.08.